The topological polar surface area (TPSA) is 52.1 Å². The number of nitrogens with one attached hydrogen (secondary N) is 2. The van der Waals surface area contributed by atoms with Crippen molar-refractivity contribution in [3.05, 3.63) is 0 Å². The number of nitrogens with zero attached hydrogens (tertiary/aromatic N) is 3. The average Bonchev–Trinajstić information content (AvgIpc) is 2.65. The largest absolute Gasteiger partial charge is 0.379 e. The Kier molecular flexibility index (Phi) is 11.4. The van der Waals surface area contributed by atoms with Gasteiger partial charge in [-0.2, -0.15) is 0 Å². The summed E-state index contributed by atoms with van der Waals surface area (Å²) >= 11 is 0. The molecule has 0 amide bonds. The number of hydrogen-bond donors (Lipinski definition) is 2. The molecule has 0 spiro atoms. The first-order valence-electron chi connectivity index (χ1n) is 10.0. The zero-order valence-electron chi connectivity index (χ0n) is 17.2. The molecule has 2 saturated heterocycles. The highest BCUT2D eigenvalue weighted by atomic mass is 127. The van der Waals surface area contributed by atoms with Gasteiger partial charge in [-0.05, 0) is 58.7 Å². The maximum atomic E-state index is 5.46. The summed E-state index contributed by atoms with van der Waals surface area (Å²) in [6.45, 7) is 16.2. The van der Waals surface area contributed by atoms with Crippen LogP contribution in [0.5, 0.6) is 0 Å². The van der Waals surface area contributed by atoms with Crippen molar-refractivity contribution in [3.63, 3.8) is 0 Å². The number of ether oxygens (including phenoxy) is 1. The van der Waals surface area contributed by atoms with E-state index in [1.54, 1.807) is 0 Å². The summed E-state index contributed by atoms with van der Waals surface area (Å²) in [5, 5.41) is 7.01. The smallest absolute Gasteiger partial charge is 0.191 e. The van der Waals surface area contributed by atoms with E-state index >= 15 is 0 Å². The highest BCUT2D eigenvalue weighted by molar-refractivity contribution is 14.0. The molecule has 2 N–H and O–H groups in total. The molecular weight excluding hydrogens is 441 g/mol. The molecule has 2 rings (SSSR count). The van der Waals surface area contributed by atoms with Crippen molar-refractivity contribution < 1.29 is 4.74 Å². The molecule has 2 fully saturated rings. The van der Waals surface area contributed by atoms with Crippen molar-refractivity contribution in [2.24, 2.45) is 10.9 Å². The van der Waals surface area contributed by atoms with Gasteiger partial charge in [0.25, 0.3) is 0 Å². The molecule has 0 aromatic heterocycles. The molecule has 26 heavy (non-hydrogen) atoms. The molecule has 2 aliphatic heterocycles. The Morgan fingerprint density at radius 1 is 1.12 bits per heavy atom. The molecule has 0 aromatic carbocycles. The molecule has 0 aromatic rings. The maximum absolute atomic E-state index is 5.46. The second-order valence-corrected chi connectivity index (χ2v) is 7.93. The quantitative estimate of drug-likeness (QED) is 0.331. The Hall–Kier alpha value is -0.120. The second kappa shape index (κ2) is 12.4. The lowest BCUT2D eigenvalue weighted by molar-refractivity contribution is -0.00834. The standard InChI is InChI=1S/C19H39N5O.HI/c1-5-23-10-7-17(8-11-23)6-9-21-18(20-4)22-16-19(2,3)24-12-14-25-15-13-24;/h17H,5-16H2,1-4H3,(H2,20,21,22);1H. The van der Waals surface area contributed by atoms with Crippen LogP contribution in [0.3, 0.4) is 0 Å². The van der Waals surface area contributed by atoms with Crippen LogP contribution < -0.4 is 10.6 Å². The first-order valence-corrected chi connectivity index (χ1v) is 10.0. The van der Waals surface area contributed by atoms with Crippen molar-refractivity contribution in [1.82, 2.24) is 20.4 Å². The van der Waals surface area contributed by atoms with Gasteiger partial charge < -0.3 is 20.3 Å². The Balaban J connectivity index is 0.00000338. The van der Waals surface area contributed by atoms with E-state index in [4.69, 9.17) is 4.74 Å². The number of piperidine rings is 1. The minimum atomic E-state index is 0. The molecule has 0 unspecified atom stereocenters. The fraction of sp³-hybridized carbons (Fsp3) is 0.947. The summed E-state index contributed by atoms with van der Waals surface area (Å²) in [4.78, 5) is 9.44. The van der Waals surface area contributed by atoms with E-state index in [0.717, 1.165) is 51.3 Å². The van der Waals surface area contributed by atoms with Gasteiger partial charge in [0.1, 0.15) is 0 Å². The van der Waals surface area contributed by atoms with Crippen LogP contribution in [0.4, 0.5) is 0 Å². The van der Waals surface area contributed by atoms with Gasteiger partial charge in [-0.25, -0.2) is 0 Å². The Morgan fingerprint density at radius 3 is 2.35 bits per heavy atom. The summed E-state index contributed by atoms with van der Waals surface area (Å²) in [5.41, 5.74) is 0.106. The fourth-order valence-corrected chi connectivity index (χ4v) is 3.79. The van der Waals surface area contributed by atoms with Crippen LogP contribution in [-0.2, 0) is 4.74 Å². The van der Waals surface area contributed by atoms with Crippen molar-refractivity contribution in [2.45, 2.75) is 45.6 Å². The Labute approximate surface area is 177 Å². The number of aliphatic imine (C=N–C) groups is 1. The number of halogens is 1. The third-order valence-electron chi connectivity index (χ3n) is 5.78. The lowest BCUT2D eigenvalue weighted by atomic mass is 9.93. The van der Waals surface area contributed by atoms with Gasteiger partial charge in [0.2, 0.25) is 0 Å². The van der Waals surface area contributed by atoms with Gasteiger partial charge in [-0.3, -0.25) is 9.89 Å². The molecule has 7 heteroatoms. The fourth-order valence-electron chi connectivity index (χ4n) is 3.79. The summed E-state index contributed by atoms with van der Waals surface area (Å²) in [6.07, 6.45) is 3.92. The Morgan fingerprint density at radius 2 is 1.77 bits per heavy atom. The van der Waals surface area contributed by atoms with E-state index in [0.29, 0.717) is 0 Å². The first-order chi connectivity index (χ1) is 12.0. The molecule has 0 bridgehead atoms. The van der Waals surface area contributed by atoms with Crippen LogP contribution in [0.1, 0.15) is 40.0 Å². The minimum Gasteiger partial charge on any atom is -0.379 e. The van der Waals surface area contributed by atoms with Crippen LogP contribution in [0, 0.1) is 5.92 Å². The predicted molar refractivity (Wildman–Crippen MR) is 121 cm³/mol. The zero-order valence-corrected chi connectivity index (χ0v) is 19.6. The predicted octanol–water partition coefficient (Wildman–Crippen LogP) is 2.00. The number of morpholine rings is 1. The highest BCUT2D eigenvalue weighted by Gasteiger charge is 2.28. The number of likely N-dealkylation sites (tertiary alicyclic amines) is 1. The maximum Gasteiger partial charge on any atom is 0.191 e. The van der Waals surface area contributed by atoms with Gasteiger partial charge >= 0.3 is 0 Å². The van der Waals surface area contributed by atoms with Crippen molar-refractivity contribution in [3.8, 4) is 0 Å². The van der Waals surface area contributed by atoms with E-state index in [2.05, 4.69) is 46.2 Å². The summed E-state index contributed by atoms with van der Waals surface area (Å²) in [6, 6.07) is 0. The summed E-state index contributed by atoms with van der Waals surface area (Å²) in [5.74, 6) is 1.78. The lowest BCUT2D eigenvalue weighted by Crippen LogP contribution is -2.56. The van der Waals surface area contributed by atoms with Crippen molar-refractivity contribution in [2.75, 3.05) is 66.1 Å². The summed E-state index contributed by atoms with van der Waals surface area (Å²) in [7, 11) is 1.86. The van der Waals surface area contributed by atoms with Crippen molar-refractivity contribution in [1.29, 1.82) is 0 Å². The number of guanidine groups is 1. The van der Waals surface area contributed by atoms with Gasteiger partial charge in [0.15, 0.2) is 5.96 Å². The highest BCUT2D eigenvalue weighted by Crippen LogP contribution is 2.19. The van der Waals surface area contributed by atoms with Crippen LogP contribution in [0.15, 0.2) is 4.99 Å². The second-order valence-electron chi connectivity index (χ2n) is 7.93. The van der Waals surface area contributed by atoms with Crippen LogP contribution in [0.25, 0.3) is 0 Å². The van der Waals surface area contributed by atoms with E-state index in [9.17, 15) is 0 Å². The van der Waals surface area contributed by atoms with Gasteiger partial charge in [0, 0.05) is 38.8 Å². The first kappa shape index (κ1) is 23.9. The molecule has 2 aliphatic rings. The number of rotatable bonds is 7. The molecule has 6 nitrogen and oxygen atoms in total. The van der Waals surface area contributed by atoms with E-state index in [1.807, 2.05) is 7.05 Å². The van der Waals surface area contributed by atoms with E-state index in [1.165, 1.54) is 38.9 Å². The molecule has 154 valence electrons. The van der Waals surface area contributed by atoms with Crippen molar-refractivity contribution >= 4 is 29.9 Å². The van der Waals surface area contributed by atoms with Gasteiger partial charge in [-0.15, -0.1) is 24.0 Å². The SMILES string of the molecule is CCN1CCC(CCNC(=NC)NCC(C)(C)N2CCOCC2)CC1.I. The molecule has 0 aliphatic carbocycles. The summed E-state index contributed by atoms with van der Waals surface area (Å²) < 4.78 is 5.46. The van der Waals surface area contributed by atoms with E-state index in [-0.39, 0.29) is 29.5 Å². The molecule has 0 atom stereocenters. The Bertz CT molecular complexity index is 405. The van der Waals surface area contributed by atoms with Gasteiger partial charge in [-0.1, -0.05) is 6.92 Å². The minimum absolute atomic E-state index is 0. The average molecular weight is 481 g/mol. The third-order valence-corrected chi connectivity index (χ3v) is 5.78. The lowest BCUT2D eigenvalue weighted by Gasteiger charge is -2.41. The zero-order chi connectivity index (χ0) is 18.1. The molecule has 0 saturated carbocycles. The third kappa shape index (κ3) is 7.86. The molecule has 2 heterocycles. The molecular formula is C19H40IN5O. The normalized spacial score (nSPS) is 21.3. The monoisotopic (exact) mass is 481 g/mol. The van der Waals surface area contributed by atoms with Crippen LogP contribution in [-0.4, -0.2) is 87.4 Å². The van der Waals surface area contributed by atoms with E-state index < -0.39 is 0 Å². The van der Waals surface area contributed by atoms with Gasteiger partial charge in [0.05, 0.1) is 13.2 Å². The number of hydrogen-bond acceptors (Lipinski definition) is 4. The molecule has 0 radical (unpaired) electrons. The van der Waals surface area contributed by atoms with Crippen LogP contribution >= 0.6 is 24.0 Å². The van der Waals surface area contributed by atoms with Crippen LogP contribution in [0.2, 0.25) is 0 Å².